The summed E-state index contributed by atoms with van der Waals surface area (Å²) in [6, 6.07) is 10.0. The minimum absolute atomic E-state index is 0.171. The monoisotopic (exact) mass is 265 g/mol. The number of benzene rings is 1. The summed E-state index contributed by atoms with van der Waals surface area (Å²) in [5.74, 6) is 0.0574. The lowest BCUT2D eigenvalue weighted by atomic mass is 10.1. The number of rotatable bonds is 4. The Balaban J connectivity index is 2.26. The van der Waals surface area contributed by atoms with E-state index in [9.17, 15) is 4.79 Å². The first-order valence-electron chi connectivity index (χ1n) is 5.40. The van der Waals surface area contributed by atoms with Gasteiger partial charge in [0.2, 0.25) is 0 Å². The molecule has 5 heteroatoms. The van der Waals surface area contributed by atoms with Gasteiger partial charge in [0.05, 0.1) is 17.5 Å². The molecule has 18 heavy (non-hydrogen) atoms. The zero-order valence-electron chi connectivity index (χ0n) is 9.47. The van der Waals surface area contributed by atoms with Gasteiger partial charge >= 0.3 is 5.97 Å². The Labute approximate surface area is 109 Å². The Morgan fingerprint density at radius 1 is 1.33 bits per heavy atom. The Morgan fingerprint density at radius 2 is 2.06 bits per heavy atom. The molecule has 0 bridgehead atoms. The molecule has 94 valence electrons. The number of carbonyl (C=O) groups is 1. The first-order chi connectivity index (χ1) is 8.58. The minimum Gasteiger partial charge on any atom is -0.481 e. The summed E-state index contributed by atoms with van der Waals surface area (Å²) >= 11 is 6.05. The summed E-state index contributed by atoms with van der Waals surface area (Å²) in [5.41, 5.74) is 6.48. The zero-order chi connectivity index (χ0) is 13.1. The van der Waals surface area contributed by atoms with E-state index < -0.39 is 12.0 Å². The molecule has 2 aromatic rings. The third-order valence-corrected chi connectivity index (χ3v) is 2.86. The van der Waals surface area contributed by atoms with Gasteiger partial charge in [-0.25, -0.2) is 0 Å². The number of hydrogen-bond acceptors (Lipinski definition) is 3. The molecule has 1 heterocycles. The predicted octanol–water partition coefficient (Wildman–Crippen LogP) is 3.07. The summed E-state index contributed by atoms with van der Waals surface area (Å²) in [7, 11) is 0. The first-order valence-corrected chi connectivity index (χ1v) is 5.77. The fraction of sp³-hybridized carbons (Fsp3) is 0.154. The smallest absolute Gasteiger partial charge is 0.305 e. The SMILES string of the molecule is NC(CC(=O)O)c1ccc(-c2ccccc2Cl)o1. The van der Waals surface area contributed by atoms with Crippen molar-refractivity contribution >= 4 is 17.6 Å². The van der Waals surface area contributed by atoms with Gasteiger partial charge in [-0.1, -0.05) is 23.7 Å². The fourth-order valence-electron chi connectivity index (χ4n) is 1.65. The van der Waals surface area contributed by atoms with E-state index in [1.54, 1.807) is 18.2 Å². The maximum atomic E-state index is 10.6. The van der Waals surface area contributed by atoms with Crippen LogP contribution in [0.4, 0.5) is 0 Å². The van der Waals surface area contributed by atoms with Crippen molar-refractivity contribution in [1.82, 2.24) is 0 Å². The van der Waals surface area contributed by atoms with Crippen molar-refractivity contribution in [3.63, 3.8) is 0 Å². The number of nitrogens with two attached hydrogens (primary N) is 1. The van der Waals surface area contributed by atoms with Crippen LogP contribution in [0.3, 0.4) is 0 Å². The molecule has 0 spiro atoms. The highest BCUT2D eigenvalue weighted by molar-refractivity contribution is 6.33. The largest absolute Gasteiger partial charge is 0.481 e. The Bertz CT molecular complexity index is 565. The molecule has 4 nitrogen and oxygen atoms in total. The number of carboxylic acid groups (broad SMARTS) is 1. The predicted molar refractivity (Wildman–Crippen MR) is 68.3 cm³/mol. The van der Waals surface area contributed by atoms with E-state index in [1.165, 1.54) is 0 Å². The summed E-state index contributed by atoms with van der Waals surface area (Å²) in [5, 5.41) is 9.24. The van der Waals surface area contributed by atoms with E-state index in [1.807, 2.05) is 18.2 Å². The molecule has 1 unspecified atom stereocenters. The molecule has 0 fully saturated rings. The van der Waals surface area contributed by atoms with Crippen molar-refractivity contribution < 1.29 is 14.3 Å². The number of halogens is 1. The summed E-state index contributed by atoms with van der Waals surface area (Å²) in [4.78, 5) is 10.6. The number of carboxylic acids is 1. The second-order valence-corrected chi connectivity index (χ2v) is 4.29. The van der Waals surface area contributed by atoms with E-state index >= 15 is 0 Å². The summed E-state index contributed by atoms with van der Waals surface area (Å²) in [6.07, 6.45) is -0.171. The van der Waals surface area contributed by atoms with Crippen LogP contribution in [-0.4, -0.2) is 11.1 Å². The molecular weight excluding hydrogens is 254 g/mol. The molecule has 1 aromatic carbocycles. The summed E-state index contributed by atoms with van der Waals surface area (Å²) in [6.45, 7) is 0. The van der Waals surface area contributed by atoms with Crippen LogP contribution < -0.4 is 5.73 Å². The topological polar surface area (TPSA) is 76.5 Å². The van der Waals surface area contributed by atoms with Crippen molar-refractivity contribution in [2.75, 3.05) is 0 Å². The van der Waals surface area contributed by atoms with Crippen molar-refractivity contribution in [2.24, 2.45) is 5.73 Å². The first kappa shape index (κ1) is 12.7. The standard InChI is InChI=1S/C13H12ClNO3/c14-9-4-2-1-3-8(9)11-5-6-12(18-11)10(15)7-13(16)17/h1-6,10H,7,15H2,(H,16,17). The van der Waals surface area contributed by atoms with Crippen LogP contribution in [0, 0.1) is 0 Å². The average molecular weight is 266 g/mol. The highest BCUT2D eigenvalue weighted by Crippen LogP contribution is 2.30. The van der Waals surface area contributed by atoms with Gasteiger partial charge < -0.3 is 15.3 Å². The lowest BCUT2D eigenvalue weighted by molar-refractivity contribution is -0.137. The number of hydrogen-bond donors (Lipinski definition) is 2. The van der Waals surface area contributed by atoms with Crippen LogP contribution in [0.2, 0.25) is 5.02 Å². The minimum atomic E-state index is -0.960. The molecule has 0 aliphatic carbocycles. The van der Waals surface area contributed by atoms with Crippen LogP contribution in [0.25, 0.3) is 11.3 Å². The molecule has 2 rings (SSSR count). The number of aliphatic carboxylic acids is 1. The lowest BCUT2D eigenvalue weighted by Crippen LogP contribution is -2.14. The molecule has 3 N–H and O–H groups in total. The van der Waals surface area contributed by atoms with E-state index in [-0.39, 0.29) is 6.42 Å². The van der Waals surface area contributed by atoms with Crippen LogP contribution in [0.1, 0.15) is 18.2 Å². The van der Waals surface area contributed by atoms with Gasteiger partial charge in [-0.15, -0.1) is 0 Å². The van der Waals surface area contributed by atoms with E-state index in [0.717, 1.165) is 5.56 Å². The van der Waals surface area contributed by atoms with Crippen LogP contribution in [0.15, 0.2) is 40.8 Å². The molecule has 0 saturated heterocycles. The fourth-order valence-corrected chi connectivity index (χ4v) is 1.88. The Kier molecular flexibility index (Phi) is 3.69. The van der Waals surface area contributed by atoms with Gasteiger partial charge in [-0.3, -0.25) is 4.79 Å². The molecule has 0 radical (unpaired) electrons. The third kappa shape index (κ3) is 2.72. The van der Waals surface area contributed by atoms with Crippen molar-refractivity contribution in [2.45, 2.75) is 12.5 Å². The third-order valence-electron chi connectivity index (χ3n) is 2.53. The average Bonchev–Trinajstić information content (AvgIpc) is 2.78. The maximum absolute atomic E-state index is 10.6. The van der Waals surface area contributed by atoms with Gasteiger partial charge in [0, 0.05) is 5.56 Å². The molecule has 0 aliphatic heterocycles. The Hall–Kier alpha value is -1.78. The molecular formula is C13H12ClNO3. The molecule has 0 aliphatic rings. The quantitative estimate of drug-likeness (QED) is 0.891. The van der Waals surface area contributed by atoms with Gasteiger partial charge in [0.1, 0.15) is 11.5 Å². The van der Waals surface area contributed by atoms with Crippen LogP contribution in [-0.2, 0) is 4.79 Å². The second kappa shape index (κ2) is 5.25. The maximum Gasteiger partial charge on any atom is 0.305 e. The second-order valence-electron chi connectivity index (χ2n) is 3.89. The molecule has 1 atom stereocenters. The van der Waals surface area contributed by atoms with Gasteiger partial charge in [0.25, 0.3) is 0 Å². The molecule has 1 aromatic heterocycles. The van der Waals surface area contributed by atoms with E-state index in [2.05, 4.69) is 0 Å². The highest BCUT2D eigenvalue weighted by atomic mass is 35.5. The number of furan rings is 1. The summed E-state index contributed by atoms with van der Waals surface area (Å²) < 4.78 is 5.54. The van der Waals surface area contributed by atoms with Gasteiger partial charge in [-0.2, -0.15) is 0 Å². The van der Waals surface area contributed by atoms with E-state index in [4.69, 9.17) is 26.9 Å². The van der Waals surface area contributed by atoms with Crippen LogP contribution >= 0.6 is 11.6 Å². The Morgan fingerprint density at radius 3 is 2.72 bits per heavy atom. The van der Waals surface area contributed by atoms with Crippen molar-refractivity contribution in [1.29, 1.82) is 0 Å². The van der Waals surface area contributed by atoms with Gasteiger partial charge in [0.15, 0.2) is 0 Å². The normalized spacial score (nSPS) is 12.3. The zero-order valence-corrected chi connectivity index (χ0v) is 10.2. The molecule has 0 amide bonds. The molecule has 0 saturated carbocycles. The van der Waals surface area contributed by atoms with Crippen LogP contribution in [0.5, 0.6) is 0 Å². The highest BCUT2D eigenvalue weighted by Gasteiger charge is 2.16. The lowest BCUT2D eigenvalue weighted by Gasteiger charge is -2.05. The van der Waals surface area contributed by atoms with Crippen molar-refractivity contribution in [3.05, 3.63) is 47.2 Å². The van der Waals surface area contributed by atoms with Crippen molar-refractivity contribution in [3.8, 4) is 11.3 Å². The van der Waals surface area contributed by atoms with Gasteiger partial charge in [-0.05, 0) is 24.3 Å². The van der Waals surface area contributed by atoms with E-state index in [0.29, 0.717) is 16.5 Å².